The largest absolute Gasteiger partial charge is 0.341 e. The van der Waals surface area contributed by atoms with Crippen LogP contribution in [0, 0.1) is 5.82 Å². The van der Waals surface area contributed by atoms with Crippen molar-refractivity contribution in [2.45, 2.75) is 6.04 Å². The van der Waals surface area contributed by atoms with Crippen molar-refractivity contribution >= 4 is 23.5 Å². The van der Waals surface area contributed by atoms with Crippen molar-refractivity contribution in [3.8, 4) is 0 Å². The van der Waals surface area contributed by atoms with Crippen LogP contribution in [0.4, 0.5) is 14.9 Å². The SMILES string of the molecule is CNC(=O)NC(=O)[C@H](c1ccccc1)N(C)CC(=O)Nc1cccc(F)c1. The highest BCUT2D eigenvalue weighted by Crippen LogP contribution is 2.19. The first-order chi connectivity index (χ1) is 12.9. The minimum absolute atomic E-state index is 0.142. The number of imide groups is 1. The second-order valence-electron chi connectivity index (χ2n) is 5.86. The van der Waals surface area contributed by atoms with Gasteiger partial charge in [-0.05, 0) is 30.8 Å². The summed E-state index contributed by atoms with van der Waals surface area (Å²) in [6.45, 7) is -0.142. The Balaban J connectivity index is 2.13. The first-order valence-corrected chi connectivity index (χ1v) is 8.24. The number of anilines is 1. The third-order valence-electron chi connectivity index (χ3n) is 3.77. The summed E-state index contributed by atoms with van der Waals surface area (Å²) in [6.07, 6.45) is 0. The summed E-state index contributed by atoms with van der Waals surface area (Å²) in [6, 6.07) is 12.8. The van der Waals surface area contributed by atoms with Crippen LogP contribution in [0.2, 0.25) is 0 Å². The van der Waals surface area contributed by atoms with Gasteiger partial charge in [-0.1, -0.05) is 36.4 Å². The molecule has 0 spiro atoms. The maximum atomic E-state index is 13.2. The van der Waals surface area contributed by atoms with Gasteiger partial charge in [-0.15, -0.1) is 0 Å². The minimum atomic E-state index is -0.859. The molecule has 7 nitrogen and oxygen atoms in total. The van der Waals surface area contributed by atoms with E-state index in [0.29, 0.717) is 11.3 Å². The van der Waals surface area contributed by atoms with Gasteiger partial charge in [0.2, 0.25) is 11.8 Å². The number of urea groups is 1. The summed E-state index contributed by atoms with van der Waals surface area (Å²) in [5, 5.41) is 7.12. The Bertz CT molecular complexity index is 814. The van der Waals surface area contributed by atoms with Gasteiger partial charge in [0.25, 0.3) is 0 Å². The van der Waals surface area contributed by atoms with Gasteiger partial charge in [0.1, 0.15) is 11.9 Å². The molecule has 0 aliphatic rings. The van der Waals surface area contributed by atoms with Gasteiger partial charge in [0.05, 0.1) is 6.54 Å². The number of carbonyl (C=O) groups is 3. The van der Waals surface area contributed by atoms with Crippen LogP contribution in [0.1, 0.15) is 11.6 Å². The third kappa shape index (κ3) is 5.89. The maximum Gasteiger partial charge on any atom is 0.321 e. The lowest BCUT2D eigenvalue weighted by molar-refractivity contribution is -0.126. The predicted molar refractivity (Wildman–Crippen MR) is 99.4 cm³/mol. The summed E-state index contributed by atoms with van der Waals surface area (Å²) in [5.41, 5.74) is 0.944. The van der Waals surface area contributed by atoms with E-state index in [1.165, 1.54) is 30.1 Å². The van der Waals surface area contributed by atoms with Crippen molar-refractivity contribution in [1.29, 1.82) is 0 Å². The van der Waals surface area contributed by atoms with Gasteiger partial charge in [-0.3, -0.25) is 19.8 Å². The Morgan fingerprint density at radius 1 is 1.07 bits per heavy atom. The fourth-order valence-electron chi connectivity index (χ4n) is 2.57. The molecule has 2 aromatic carbocycles. The lowest BCUT2D eigenvalue weighted by Gasteiger charge is -2.26. The number of benzene rings is 2. The second-order valence-corrected chi connectivity index (χ2v) is 5.86. The van der Waals surface area contributed by atoms with E-state index in [1.807, 2.05) is 0 Å². The van der Waals surface area contributed by atoms with Crippen LogP contribution in [-0.2, 0) is 9.59 Å². The number of hydrogen-bond acceptors (Lipinski definition) is 4. The first kappa shape index (κ1) is 20.1. The van der Waals surface area contributed by atoms with Crippen LogP contribution >= 0.6 is 0 Å². The number of amides is 4. The molecule has 0 saturated carbocycles. The lowest BCUT2D eigenvalue weighted by Crippen LogP contribution is -2.46. The highest BCUT2D eigenvalue weighted by molar-refractivity contribution is 5.98. The molecule has 0 bridgehead atoms. The molecule has 4 amide bonds. The number of nitrogens with one attached hydrogen (secondary N) is 3. The average molecular weight is 372 g/mol. The summed E-state index contributed by atoms with van der Waals surface area (Å²) < 4.78 is 13.2. The number of nitrogens with zero attached hydrogens (tertiary/aromatic N) is 1. The Hall–Kier alpha value is -3.26. The molecule has 0 unspecified atom stereocenters. The van der Waals surface area contributed by atoms with Crippen molar-refractivity contribution in [1.82, 2.24) is 15.5 Å². The summed E-state index contributed by atoms with van der Waals surface area (Å²) in [5.74, 6) is -1.45. The molecule has 0 fully saturated rings. The Morgan fingerprint density at radius 3 is 2.41 bits per heavy atom. The van der Waals surface area contributed by atoms with Crippen LogP contribution in [0.5, 0.6) is 0 Å². The molecule has 0 saturated heterocycles. The van der Waals surface area contributed by atoms with E-state index >= 15 is 0 Å². The van der Waals surface area contributed by atoms with E-state index in [4.69, 9.17) is 0 Å². The summed E-state index contributed by atoms with van der Waals surface area (Å²) in [7, 11) is 2.99. The number of hydrogen-bond donors (Lipinski definition) is 3. The Morgan fingerprint density at radius 2 is 1.78 bits per heavy atom. The Labute approximate surface area is 156 Å². The van der Waals surface area contributed by atoms with E-state index in [0.717, 1.165) is 0 Å². The molecule has 0 heterocycles. The quantitative estimate of drug-likeness (QED) is 0.722. The fourth-order valence-corrected chi connectivity index (χ4v) is 2.57. The molecule has 0 aliphatic heterocycles. The molecule has 1 atom stereocenters. The van der Waals surface area contributed by atoms with E-state index in [2.05, 4.69) is 16.0 Å². The molecule has 142 valence electrons. The van der Waals surface area contributed by atoms with Crippen LogP contribution in [-0.4, -0.2) is 43.4 Å². The monoisotopic (exact) mass is 372 g/mol. The molecule has 8 heteroatoms. The zero-order chi connectivity index (χ0) is 19.8. The zero-order valence-electron chi connectivity index (χ0n) is 15.0. The number of halogens is 1. The van der Waals surface area contributed by atoms with Crippen LogP contribution < -0.4 is 16.0 Å². The predicted octanol–water partition coefficient (Wildman–Crippen LogP) is 1.89. The van der Waals surface area contributed by atoms with Gasteiger partial charge in [0, 0.05) is 12.7 Å². The van der Waals surface area contributed by atoms with Crippen LogP contribution in [0.15, 0.2) is 54.6 Å². The molecule has 0 radical (unpaired) electrons. The van der Waals surface area contributed by atoms with Crippen molar-refractivity contribution in [3.05, 3.63) is 66.0 Å². The van der Waals surface area contributed by atoms with Gasteiger partial charge in [-0.25, -0.2) is 9.18 Å². The van der Waals surface area contributed by atoms with Crippen molar-refractivity contribution in [2.75, 3.05) is 26.0 Å². The van der Waals surface area contributed by atoms with E-state index in [-0.39, 0.29) is 6.54 Å². The van der Waals surface area contributed by atoms with Crippen molar-refractivity contribution in [3.63, 3.8) is 0 Å². The Kier molecular flexibility index (Phi) is 7.01. The number of rotatable bonds is 6. The fraction of sp³-hybridized carbons (Fsp3) is 0.211. The molecule has 0 aromatic heterocycles. The standard InChI is InChI=1S/C19H21FN4O3/c1-21-19(27)23-18(26)17(13-7-4-3-5-8-13)24(2)12-16(25)22-15-10-6-9-14(20)11-15/h3-11,17H,12H2,1-2H3,(H,22,25)(H2,21,23,26,27)/t17-/m0/s1. The van der Waals surface area contributed by atoms with Gasteiger partial charge >= 0.3 is 6.03 Å². The summed E-state index contributed by atoms with van der Waals surface area (Å²) in [4.78, 5) is 37.8. The smallest absolute Gasteiger partial charge is 0.321 e. The summed E-state index contributed by atoms with van der Waals surface area (Å²) >= 11 is 0. The molecular weight excluding hydrogens is 351 g/mol. The molecular formula is C19H21FN4O3. The van der Waals surface area contributed by atoms with E-state index in [1.54, 1.807) is 43.4 Å². The average Bonchev–Trinajstić information content (AvgIpc) is 2.62. The third-order valence-corrected chi connectivity index (χ3v) is 3.77. The first-order valence-electron chi connectivity index (χ1n) is 8.24. The minimum Gasteiger partial charge on any atom is -0.341 e. The van der Waals surface area contributed by atoms with Crippen molar-refractivity contribution < 1.29 is 18.8 Å². The topological polar surface area (TPSA) is 90.5 Å². The lowest BCUT2D eigenvalue weighted by atomic mass is 10.0. The van der Waals surface area contributed by atoms with Crippen LogP contribution in [0.25, 0.3) is 0 Å². The number of likely N-dealkylation sites (N-methyl/N-ethyl adjacent to an activating group) is 1. The second kappa shape index (κ2) is 9.44. The molecule has 0 aliphatic carbocycles. The van der Waals surface area contributed by atoms with Crippen molar-refractivity contribution in [2.24, 2.45) is 0 Å². The highest BCUT2D eigenvalue weighted by Gasteiger charge is 2.27. The number of carbonyl (C=O) groups excluding carboxylic acids is 3. The zero-order valence-corrected chi connectivity index (χ0v) is 15.0. The molecule has 2 rings (SSSR count). The van der Waals surface area contributed by atoms with Crippen LogP contribution in [0.3, 0.4) is 0 Å². The van der Waals surface area contributed by atoms with Gasteiger partial charge in [-0.2, -0.15) is 0 Å². The normalized spacial score (nSPS) is 11.6. The molecule has 3 N–H and O–H groups in total. The van der Waals surface area contributed by atoms with Gasteiger partial charge < -0.3 is 10.6 Å². The van der Waals surface area contributed by atoms with E-state index in [9.17, 15) is 18.8 Å². The maximum absolute atomic E-state index is 13.2. The van der Waals surface area contributed by atoms with Gasteiger partial charge in [0.15, 0.2) is 0 Å². The van der Waals surface area contributed by atoms with E-state index < -0.39 is 29.7 Å². The highest BCUT2D eigenvalue weighted by atomic mass is 19.1. The molecule has 2 aromatic rings. The molecule has 27 heavy (non-hydrogen) atoms.